The van der Waals surface area contributed by atoms with Gasteiger partial charge in [-0.25, -0.2) is 0 Å². The minimum absolute atomic E-state index is 0.248. The van der Waals surface area contributed by atoms with Crippen LogP contribution in [0.5, 0.6) is 0 Å². The largest absolute Gasteiger partial charge is 0.480 e. The van der Waals surface area contributed by atoms with Crippen LogP contribution in [0.4, 0.5) is 5.69 Å². The van der Waals surface area contributed by atoms with Gasteiger partial charge in [-0.2, -0.15) is 0 Å². The second kappa shape index (κ2) is 6.55. The fourth-order valence-corrected chi connectivity index (χ4v) is 1.61. The van der Waals surface area contributed by atoms with Crippen molar-refractivity contribution >= 4 is 23.5 Å². The minimum Gasteiger partial charge on any atom is -0.480 e. The Bertz CT molecular complexity index is 494. The van der Waals surface area contributed by atoms with Gasteiger partial charge in [-0.1, -0.05) is 0 Å². The van der Waals surface area contributed by atoms with Gasteiger partial charge in [0.25, 0.3) is 5.91 Å². The first kappa shape index (κ1) is 15.5. The molecule has 0 bridgehead atoms. The number of carbonyl (C=O) groups excluding carboxylic acids is 1. The van der Waals surface area contributed by atoms with Crippen molar-refractivity contribution in [3.05, 3.63) is 29.8 Å². The molecular weight excluding hydrogens is 264 g/mol. The van der Waals surface area contributed by atoms with Crippen LogP contribution in [0, 0.1) is 0 Å². The van der Waals surface area contributed by atoms with Crippen LogP contribution in [-0.4, -0.2) is 60.1 Å². The maximum Gasteiger partial charge on any atom is 0.323 e. The first-order valence-corrected chi connectivity index (χ1v) is 5.81. The highest BCUT2D eigenvalue weighted by Gasteiger charge is 2.21. The molecule has 0 spiro atoms. The number of hydrogen-bond acceptors (Lipinski definition) is 4. The number of amides is 1. The van der Waals surface area contributed by atoms with Crippen LogP contribution in [0.2, 0.25) is 0 Å². The maximum absolute atomic E-state index is 12.1. The topological polar surface area (TPSA) is 98.2 Å². The molecule has 0 aliphatic heterocycles. The monoisotopic (exact) mass is 280 g/mol. The lowest BCUT2D eigenvalue weighted by Crippen LogP contribution is -2.39. The quantitative estimate of drug-likeness (QED) is 0.781. The summed E-state index contributed by atoms with van der Waals surface area (Å²) in [6.07, 6.45) is 0. The van der Waals surface area contributed by atoms with Crippen molar-refractivity contribution in [1.29, 1.82) is 0 Å². The number of carboxylic acid groups (broad SMARTS) is 2. The smallest absolute Gasteiger partial charge is 0.323 e. The van der Waals surface area contributed by atoms with E-state index in [0.29, 0.717) is 0 Å². The van der Waals surface area contributed by atoms with Crippen LogP contribution in [0.1, 0.15) is 10.4 Å². The molecule has 0 aromatic heterocycles. The van der Waals surface area contributed by atoms with Gasteiger partial charge in [0.15, 0.2) is 0 Å². The van der Waals surface area contributed by atoms with E-state index >= 15 is 0 Å². The minimum atomic E-state index is -1.26. The fourth-order valence-electron chi connectivity index (χ4n) is 1.61. The Labute approximate surface area is 116 Å². The van der Waals surface area contributed by atoms with Crippen LogP contribution >= 0.6 is 0 Å². The maximum atomic E-state index is 12.1. The first-order chi connectivity index (χ1) is 9.31. The molecule has 7 heteroatoms. The zero-order valence-electron chi connectivity index (χ0n) is 11.2. The summed E-state index contributed by atoms with van der Waals surface area (Å²) in [5.74, 6) is -3.14. The predicted molar refractivity (Wildman–Crippen MR) is 71.9 cm³/mol. The van der Waals surface area contributed by atoms with Crippen molar-refractivity contribution in [1.82, 2.24) is 4.90 Å². The van der Waals surface area contributed by atoms with Crippen LogP contribution in [-0.2, 0) is 9.59 Å². The Balaban J connectivity index is 2.93. The van der Waals surface area contributed by atoms with Crippen LogP contribution in [0.3, 0.4) is 0 Å². The van der Waals surface area contributed by atoms with Gasteiger partial charge in [0, 0.05) is 25.3 Å². The lowest BCUT2D eigenvalue weighted by atomic mass is 10.1. The van der Waals surface area contributed by atoms with E-state index in [2.05, 4.69) is 0 Å². The molecule has 7 nitrogen and oxygen atoms in total. The molecule has 20 heavy (non-hydrogen) atoms. The average molecular weight is 280 g/mol. The van der Waals surface area contributed by atoms with E-state index in [0.717, 1.165) is 10.6 Å². The summed E-state index contributed by atoms with van der Waals surface area (Å²) < 4.78 is 0. The van der Waals surface area contributed by atoms with Crippen molar-refractivity contribution in [2.24, 2.45) is 0 Å². The number of rotatable bonds is 6. The second-order valence-electron chi connectivity index (χ2n) is 4.39. The lowest BCUT2D eigenvalue weighted by molar-refractivity contribution is -0.140. The standard InChI is InChI=1S/C13H16N2O5/c1-14(2)10-5-3-9(4-6-10)13(20)15(7-11(16)17)8-12(18)19/h3-6H,7-8H2,1-2H3,(H,16,17)(H,18,19). The summed E-state index contributed by atoms with van der Waals surface area (Å²) >= 11 is 0. The summed E-state index contributed by atoms with van der Waals surface area (Å²) in [6, 6.07) is 6.47. The van der Waals surface area contributed by atoms with E-state index < -0.39 is 30.9 Å². The highest BCUT2D eigenvalue weighted by molar-refractivity contribution is 5.97. The van der Waals surface area contributed by atoms with E-state index in [1.807, 2.05) is 19.0 Å². The SMILES string of the molecule is CN(C)c1ccc(C(=O)N(CC(=O)O)CC(=O)O)cc1. The highest BCUT2D eigenvalue weighted by Crippen LogP contribution is 2.13. The van der Waals surface area contributed by atoms with Gasteiger partial charge in [0.2, 0.25) is 0 Å². The Kier molecular flexibility index (Phi) is 5.08. The number of benzene rings is 1. The molecule has 0 saturated heterocycles. The van der Waals surface area contributed by atoms with E-state index in [1.54, 1.807) is 12.1 Å². The number of carbonyl (C=O) groups is 3. The fraction of sp³-hybridized carbons (Fsp3) is 0.308. The number of anilines is 1. The summed E-state index contributed by atoms with van der Waals surface area (Å²) in [4.78, 5) is 36.1. The summed E-state index contributed by atoms with van der Waals surface area (Å²) in [7, 11) is 3.69. The van der Waals surface area contributed by atoms with Crippen LogP contribution < -0.4 is 4.90 Å². The first-order valence-electron chi connectivity index (χ1n) is 5.81. The summed E-state index contributed by atoms with van der Waals surface area (Å²) in [5, 5.41) is 17.4. The Hall–Kier alpha value is -2.57. The van der Waals surface area contributed by atoms with Gasteiger partial charge in [0.05, 0.1) is 0 Å². The molecule has 0 aliphatic carbocycles. The molecule has 1 rings (SSSR count). The second-order valence-corrected chi connectivity index (χ2v) is 4.39. The molecule has 0 heterocycles. The van der Waals surface area contributed by atoms with E-state index in [9.17, 15) is 14.4 Å². The van der Waals surface area contributed by atoms with Crippen LogP contribution in [0.25, 0.3) is 0 Å². The van der Waals surface area contributed by atoms with E-state index in [1.165, 1.54) is 12.1 Å². The average Bonchev–Trinajstić information content (AvgIpc) is 2.36. The number of aliphatic carboxylic acids is 2. The zero-order chi connectivity index (χ0) is 15.3. The lowest BCUT2D eigenvalue weighted by Gasteiger charge is -2.19. The van der Waals surface area contributed by atoms with Crippen molar-refractivity contribution in [2.45, 2.75) is 0 Å². The van der Waals surface area contributed by atoms with Gasteiger partial charge >= 0.3 is 11.9 Å². The Morgan fingerprint density at radius 2 is 1.40 bits per heavy atom. The van der Waals surface area contributed by atoms with Gasteiger partial charge in [0.1, 0.15) is 13.1 Å². The Morgan fingerprint density at radius 3 is 1.75 bits per heavy atom. The molecule has 0 saturated carbocycles. The van der Waals surface area contributed by atoms with Crippen molar-refractivity contribution in [3.63, 3.8) is 0 Å². The van der Waals surface area contributed by atoms with Crippen molar-refractivity contribution < 1.29 is 24.6 Å². The molecule has 1 aromatic carbocycles. The molecule has 1 aromatic rings. The number of hydrogen-bond donors (Lipinski definition) is 2. The summed E-state index contributed by atoms with van der Waals surface area (Å²) in [5.41, 5.74) is 1.13. The van der Waals surface area contributed by atoms with E-state index in [4.69, 9.17) is 10.2 Å². The molecule has 0 unspecified atom stereocenters. The normalized spacial score (nSPS) is 9.90. The summed E-state index contributed by atoms with van der Waals surface area (Å²) in [6.45, 7) is -1.30. The molecule has 108 valence electrons. The molecule has 0 fully saturated rings. The number of nitrogens with zero attached hydrogens (tertiary/aromatic N) is 2. The third-order valence-electron chi connectivity index (χ3n) is 2.57. The van der Waals surface area contributed by atoms with Gasteiger partial charge in [-0.3, -0.25) is 14.4 Å². The van der Waals surface area contributed by atoms with Crippen molar-refractivity contribution in [2.75, 3.05) is 32.1 Å². The van der Waals surface area contributed by atoms with Gasteiger partial charge in [-0.15, -0.1) is 0 Å². The molecule has 0 radical (unpaired) electrons. The Morgan fingerprint density at radius 1 is 0.950 bits per heavy atom. The number of carboxylic acids is 2. The molecule has 0 aliphatic rings. The highest BCUT2D eigenvalue weighted by atomic mass is 16.4. The van der Waals surface area contributed by atoms with Gasteiger partial charge in [-0.05, 0) is 24.3 Å². The predicted octanol–water partition coefficient (Wildman–Crippen LogP) is 0.364. The van der Waals surface area contributed by atoms with Crippen LogP contribution in [0.15, 0.2) is 24.3 Å². The molecule has 1 amide bonds. The van der Waals surface area contributed by atoms with E-state index in [-0.39, 0.29) is 5.56 Å². The molecule has 2 N–H and O–H groups in total. The third kappa shape index (κ3) is 4.27. The molecule has 0 atom stereocenters. The zero-order valence-corrected chi connectivity index (χ0v) is 11.2. The van der Waals surface area contributed by atoms with Crippen molar-refractivity contribution in [3.8, 4) is 0 Å². The molecular formula is C13H16N2O5. The third-order valence-corrected chi connectivity index (χ3v) is 2.57. The van der Waals surface area contributed by atoms with Gasteiger partial charge < -0.3 is 20.0 Å².